The Morgan fingerprint density at radius 2 is 1.95 bits per heavy atom. The van der Waals surface area contributed by atoms with Gasteiger partial charge in [0, 0.05) is 17.3 Å². The van der Waals surface area contributed by atoms with Crippen molar-refractivity contribution in [2.24, 2.45) is 0 Å². The molecule has 0 radical (unpaired) electrons. The van der Waals surface area contributed by atoms with Gasteiger partial charge in [-0.15, -0.1) is 0 Å². The number of nitrogens with zero attached hydrogens (tertiary/aromatic N) is 2. The molecule has 106 valence electrons. The maximum atomic E-state index is 12.8. The highest BCUT2D eigenvalue weighted by Gasteiger charge is 2.33. The molecule has 0 unspecified atom stereocenters. The minimum absolute atomic E-state index is 0.0194. The number of anilines is 2. The summed E-state index contributed by atoms with van der Waals surface area (Å²) < 4.78 is 0. The Bertz CT molecular complexity index is 677. The van der Waals surface area contributed by atoms with E-state index in [1.807, 2.05) is 42.5 Å². The summed E-state index contributed by atoms with van der Waals surface area (Å²) in [5, 5.41) is 0. The second-order valence-electron chi connectivity index (χ2n) is 5.11. The van der Waals surface area contributed by atoms with Crippen LogP contribution >= 0.6 is 0 Å². The van der Waals surface area contributed by atoms with Crippen LogP contribution in [-0.4, -0.2) is 10.9 Å². The van der Waals surface area contributed by atoms with Gasteiger partial charge in [0.2, 0.25) is 0 Å². The Hall–Kier alpha value is -2.42. The van der Waals surface area contributed by atoms with Crippen LogP contribution < -0.4 is 4.90 Å². The molecule has 1 aliphatic rings. The molecule has 0 fully saturated rings. The Kier molecular flexibility index (Phi) is 3.82. The molecule has 3 heteroatoms. The molecule has 0 aliphatic carbocycles. The van der Waals surface area contributed by atoms with Gasteiger partial charge in [0.25, 0.3) is 5.91 Å². The van der Waals surface area contributed by atoms with E-state index in [4.69, 9.17) is 0 Å². The van der Waals surface area contributed by atoms with Gasteiger partial charge < -0.3 is 0 Å². The monoisotopic (exact) mass is 278 g/mol. The number of aromatic nitrogens is 1. The lowest BCUT2D eigenvalue weighted by atomic mass is 10.1. The highest BCUT2D eigenvalue weighted by molar-refractivity contribution is 6.34. The standard InChI is InChI=1S/C18H18N2O/c1-2-3-4-10-15-14-9-5-6-11-16(14)20(18(15)21)17-12-7-8-13-19-17/h5-13H,2-4H2,1H3/b15-10+. The van der Waals surface area contributed by atoms with E-state index < -0.39 is 0 Å². The van der Waals surface area contributed by atoms with E-state index in [1.165, 1.54) is 0 Å². The molecule has 1 amide bonds. The molecule has 0 N–H and O–H groups in total. The number of benzene rings is 1. The Morgan fingerprint density at radius 3 is 2.71 bits per heavy atom. The third-order valence-corrected chi connectivity index (χ3v) is 3.65. The number of para-hydroxylation sites is 1. The van der Waals surface area contributed by atoms with E-state index in [1.54, 1.807) is 11.1 Å². The first-order valence-corrected chi connectivity index (χ1v) is 7.38. The fourth-order valence-electron chi connectivity index (χ4n) is 2.60. The van der Waals surface area contributed by atoms with Gasteiger partial charge in [-0.3, -0.25) is 9.69 Å². The summed E-state index contributed by atoms with van der Waals surface area (Å²) in [6.07, 6.45) is 6.94. The quantitative estimate of drug-likeness (QED) is 0.616. The van der Waals surface area contributed by atoms with Gasteiger partial charge in [-0.05, 0) is 24.6 Å². The molecule has 3 nitrogen and oxygen atoms in total. The molecule has 2 heterocycles. The fraction of sp³-hybridized carbons (Fsp3) is 0.222. The summed E-state index contributed by atoms with van der Waals surface area (Å²) in [4.78, 5) is 18.8. The predicted molar refractivity (Wildman–Crippen MR) is 85.3 cm³/mol. The summed E-state index contributed by atoms with van der Waals surface area (Å²) in [6.45, 7) is 2.16. The number of amides is 1. The van der Waals surface area contributed by atoms with Crippen molar-refractivity contribution >= 4 is 23.0 Å². The first-order valence-electron chi connectivity index (χ1n) is 7.38. The predicted octanol–water partition coefficient (Wildman–Crippen LogP) is 4.33. The average molecular weight is 278 g/mol. The molecule has 0 saturated carbocycles. The second-order valence-corrected chi connectivity index (χ2v) is 5.11. The van der Waals surface area contributed by atoms with Crippen LogP contribution in [0.5, 0.6) is 0 Å². The minimum Gasteiger partial charge on any atom is -0.268 e. The van der Waals surface area contributed by atoms with Crippen LogP contribution in [0.15, 0.2) is 54.7 Å². The first kappa shape index (κ1) is 13.6. The van der Waals surface area contributed by atoms with Crippen molar-refractivity contribution in [2.45, 2.75) is 26.2 Å². The zero-order chi connectivity index (χ0) is 14.7. The number of hydrogen-bond donors (Lipinski definition) is 0. The normalized spacial score (nSPS) is 15.6. The topological polar surface area (TPSA) is 33.2 Å². The molecular formula is C18H18N2O. The van der Waals surface area contributed by atoms with E-state index in [0.29, 0.717) is 5.82 Å². The Labute approximate surface area is 124 Å². The van der Waals surface area contributed by atoms with Crippen molar-refractivity contribution in [3.63, 3.8) is 0 Å². The second kappa shape index (κ2) is 5.92. The maximum absolute atomic E-state index is 12.8. The van der Waals surface area contributed by atoms with Crippen LogP contribution in [0.2, 0.25) is 0 Å². The van der Waals surface area contributed by atoms with Gasteiger partial charge in [0.1, 0.15) is 5.82 Å². The molecule has 2 aromatic rings. The van der Waals surface area contributed by atoms with E-state index in [-0.39, 0.29) is 5.91 Å². The fourth-order valence-corrected chi connectivity index (χ4v) is 2.60. The smallest absolute Gasteiger partial charge is 0.264 e. The molecule has 1 aliphatic heterocycles. The number of allylic oxidation sites excluding steroid dienone is 1. The molecule has 1 aromatic carbocycles. The molecule has 1 aromatic heterocycles. The summed E-state index contributed by atoms with van der Waals surface area (Å²) in [5.41, 5.74) is 2.72. The first-order chi connectivity index (χ1) is 10.3. The van der Waals surface area contributed by atoms with Crippen LogP contribution in [0.3, 0.4) is 0 Å². The lowest BCUT2D eigenvalue weighted by molar-refractivity contribution is -0.112. The van der Waals surface area contributed by atoms with Crippen LogP contribution in [0.25, 0.3) is 5.57 Å². The number of hydrogen-bond acceptors (Lipinski definition) is 2. The van der Waals surface area contributed by atoms with E-state index in [9.17, 15) is 4.79 Å². The summed E-state index contributed by atoms with van der Waals surface area (Å²) >= 11 is 0. The van der Waals surface area contributed by atoms with Crippen molar-refractivity contribution in [1.29, 1.82) is 0 Å². The number of unbranched alkanes of at least 4 members (excludes halogenated alkanes) is 2. The molecular weight excluding hydrogens is 260 g/mol. The number of rotatable bonds is 4. The largest absolute Gasteiger partial charge is 0.268 e. The summed E-state index contributed by atoms with van der Waals surface area (Å²) in [5.74, 6) is 0.694. The number of carbonyl (C=O) groups is 1. The van der Waals surface area contributed by atoms with Crippen molar-refractivity contribution in [3.05, 3.63) is 60.3 Å². The third kappa shape index (κ3) is 2.47. The SMILES string of the molecule is CCCC/C=C1/C(=O)N(c2ccccn2)c2ccccc21. The van der Waals surface area contributed by atoms with Crippen LogP contribution in [0.1, 0.15) is 31.7 Å². The molecule has 0 atom stereocenters. The molecule has 0 bridgehead atoms. The molecule has 0 saturated heterocycles. The molecule has 0 spiro atoms. The van der Waals surface area contributed by atoms with Gasteiger partial charge in [0.05, 0.1) is 5.69 Å². The summed E-state index contributed by atoms with van der Waals surface area (Å²) in [7, 11) is 0. The Balaban J connectivity index is 2.05. The lowest BCUT2D eigenvalue weighted by Gasteiger charge is -2.15. The van der Waals surface area contributed by atoms with Crippen molar-refractivity contribution in [3.8, 4) is 0 Å². The highest BCUT2D eigenvalue weighted by Crippen LogP contribution is 2.40. The highest BCUT2D eigenvalue weighted by atomic mass is 16.2. The number of pyridine rings is 1. The zero-order valence-corrected chi connectivity index (χ0v) is 12.1. The van der Waals surface area contributed by atoms with Crippen molar-refractivity contribution < 1.29 is 4.79 Å². The van der Waals surface area contributed by atoms with E-state index in [2.05, 4.69) is 18.0 Å². The van der Waals surface area contributed by atoms with E-state index in [0.717, 1.165) is 36.1 Å². The van der Waals surface area contributed by atoms with Crippen LogP contribution in [0.4, 0.5) is 11.5 Å². The zero-order valence-electron chi connectivity index (χ0n) is 12.1. The Morgan fingerprint density at radius 1 is 1.14 bits per heavy atom. The molecule has 21 heavy (non-hydrogen) atoms. The lowest BCUT2D eigenvalue weighted by Crippen LogP contribution is -2.21. The third-order valence-electron chi connectivity index (χ3n) is 3.65. The average Bonchev–Trinajstić information content (AvgIpc) is 2.81. The minimum atomic E-state index is 0.0194. The number of fused-ring (bicyclic) bond motifs is 1. The maximum Gasteiger partial charge on any atom is 0.264 e. The van der Waals surface area contributed by atoms with Gasteiger partial charge in [-0.2, -0.15) is 0 Å². The van der Waals surface area contributed by atoms with Crippen molar-refractivity contribution in [2.75, 3.05) is 4.90 Å². The van der Waals surface area contributed by atoms with E-state index >= 15 is 0 Å². The van der Waals surface area contributed by atoms with Gasteiger partial charge in [-0.1, -0.05) is 50.1 Å². The van der Waals surface area contributed by atoms with Crippen LogP contribution in [0, 0.1) is 0 Å². The van der Waals surface area contributed by atoms with Gasteiger partial charge in [0.15, 0.2) is 0 Å². The van der Waals surface area contributed by atoms with Gasteiger partial charge in [-0.25, -0.2) is 4.98 Å². The van der Waals surface area contributed by atoms with Crippen LogP contribution in [-0.2, 0) is 4.79 Å². The summed E-state index contributed by atoms with van der Waals surface area (Å²) in [6, 6.07) is 13.5. The number of carbonyl (C=O) groups excluding carboxylic acids is 1. The molecule has 3 rings (SSSR count). The van der Waals surface area contributed by atoms with Gasteiger partial charge >= 0.3 is 0 Å². The van der Waals surface area contributed by atoms with Crippen molar-refractivity contribution in [1.82, 2.24) is 4.98 Å².